The Morgan fingerprint density at radius 3 is 2.43 bits per heavy atom. The van der Waals surface area contributed by atoms with Gasteiger partial charge in [-0.3, -0.25) is 4.99 Å². The Labute approximate surface area is 177 Å². The van der Waals surface area contributed by atoms with Crippen molar-refractivity contribution in [2.75, 3.05) is 27.2 Å². The highest BCUT2D eigenvalue weighted by atomic mass is 16.6. The molecule has 30 heavy (non-hydrogen) atoms. The Balaban J connectivity index is 1.70. The summed E-state index contributed by atoms with van der Waals surface area (Å²) < 4.78 is 12.2. The first-order valence-electron chi connectivity index (χ1n) is 9.91. The highest BCUT2D eigenvalue weighted by Crippen LogP contribution is 2.14. The molecule has 0 bridgehead atoms. The SMILES string of the molecule is CN=C(NCCCNC(=O)OC(C)(C)C)NCc1ccn(-c2ccc(OC)cc2)n1. The van der Waals surface area contributed by atoms with Gasteiger partial charge in [0.15, 0.2) is 5.96 Å². The van der Waals surface area contributed by atoms with Gasteiger partial charge in [0, 0.05) is 26.3 Å². The zero-order valence-corrected chi connectivity index (χ0v) is 18.4. The number of hydrogen-bond donors (Lipinski definition) is 3. The molecule has 3 N–H and O–H groups in total. The zero-order chi connectivity index (χ0) is 22.0. The van der Waals surface area contributed by atoms with Crippen molar-refractivity contribution < 1.29 is 14.3 Å². The van der Waals surface area contributed by atoms with Crippen molar-refractivity contribution in [3.63, 3.8) is 0 Å². The monoisotopic (exact) mass is 416 g/mol. The minimum atomic E-state index is -0.491. The van der Waals surface area contributed by atoms with Crippen LogP contribution in [-0.2, 0) is 11.3 Å². The lowest BCUT2D eigenvalue weighted by Crippen LogP contribution is -2.39. The van der Waals surface area contributed by atoms with Crippen molar-refractivity contribution in [1.82, 2.24) is 25.7 Å². The van der Waals surface area contributed by atoms with E-state index in [0.717, 1.165) is 23.6 Å². The van der Waals surface area contributed by atoms with Gasteiger partial charge in [0.1, 0.15) is 11.4 Å². The Bertz CT molecular complexity index is 824. The molecule has 0 unspecified atom stereocenters. The van der Waals surface area contributed by atoms with Gasteiger partial charge >= 0.3 is 6.09 Å². The number of guanidine groups is 1. The summed E-state index contributed by atoms with van der Waals surface area (Å²) in [7, 11) is 3.36. The van der Waals surface area contributed by atoms with E-state index < -0.39 is 11.7 Å². The molecule has 0 fully saturated rings. The average molecular weight is 417 g/mol. The molecule has 0 saturated heterocycles. The molecule has 1 aromatic carbocycles. The Morgan fingerprint density at radius 2 is 1.80 bits per heavy atom. The molecule has 0 aliphatic heterocycles. The first kappa shape index (κ1) is 23.1. The fourth-order valence-electron chi connectivity index (χ4n) is 2.53. The number of carbonyl (C=O) groups excluding carboxylic acids is 1. The van der Waals surface area contributed by atoms with Crippen LogP contribution in [0.25, 0.3) is 5.69 Å². The molecular formula is C21H32N6O3. The molecule has 2 aromatic rings. The molecule has 0 saturated carbocycles. The van der Waals surface area contributed by atoms with Gasteiger partial charge < -0.3 is 25.4 Å². The summed E-state index contributed by atoms with van der Waals surface area (Å²) in [4.78, 5) is 15.8. The third-order valence-electron chi connectivity index (χ3n) is 3.96. The van der Waals surface area contributed by atoms with Crippen molar-refractivity contribution in [2.24, 2.45) is 4.99 Å². The van der Waals surface area contributed by atoms with Gasteiger partial charge in [0.2, 0.25) is 0 Å². The van der Waals surface area contributed by atoms with Crippen LogP contribution < -0.4 is 20.7 Å². The second kappa shape index (κ2) is 11.1. The van der Waals surface area contributed by atoms with Gasteiger partial charge in [-0.15, -0.1) is 0 Å². The van der Waals surface area contributed by atoms with Crippen LogP contribution in [0.2, 0.25) is 0 Å². The van der Waals surface area contributed by atoms with E-state index in [0.29, 0.717) is 25.6 Å². The van der Waals surface area contributed by atoms with Crippen LogP contribution in [-0.4, -0.2) is 54.7 Å². The van der Waals surface area contributed by atoms with Gasteiger partial charge in [-0.25, -0.2) is 9.48 Å². The molecule has 2 rings (SSSR count). The molecule has 1 aromatic heterocycles. The number of amides is 1. The van der Waals surface area contributed by atoms with Crippen LogP contribution in [0, 0.1) is 0 Å². The minimum Gasteiger partial charge on any atom is -0.497 e. The molecule has 164 valence electrons. The first-order chi connectivity index (χ1) is 14.3. The van der Waals surface area contributed by atoms with Crippen LogP contribution in [0.15, 0.2) is 41.5 Å². The largest absolute Gasteiger partial charge is 0.497 e. The van der Waals surface area contributed by atoms with Crippen LogP contribution >= 0.6 is 0 Å². The van der Waals surface area contributed by atoms with Crippen LogP contribution in [0.1, 0.15) is 32.9 Å². The quantitative estimate of drug-likeness (QED) is 0.347. The number of ether oxygens (including phenoxy) is 2. The van der Waals surface area contributed by atoms with E-state index in [1.165, 1.54) is 0 Å². The van der Waals surface area contributed by atoms with E-state index in [1.807, 2.05) is 62.0 Å². The van der Waals surface area contributed by atoms with Gasteiger partial charge in [0.25, 0.3) is 0 Å². The molecule has 0 aliphatic rings. The lowest BCUT2D eigenvalue weighted by molar-refractivity contribution is 0.0527. The van der Waals surface area contributed by atoms with Crippen LogP contribution in [0.4, 0.5) is 4.79 Å². The number of hydrogen-bond acceptors (Lipinski definition) is 5. The average Bonchev–Trinajstić information content (AvgIpc) is 3.17. The second-order valence-corrected chi connectivity index (χ2v) is 7.58. The maximum atomic E-state index is 11.6. The number of carbonyl (C=O) groups is 1. The Hall–Kier alpha value is -3.23. The summed E-state index contributed by atoms with van der Waals surface area (Å²) in [5.74, 6) is 1.48. The van der Waals surface area contributed by atoms with Gasteiger partial charge in [-0.05, 0) is 57.5 Å². The number of nitrogens with zero attached hydrogens (tertiary/aromatic N) is 3. The fourth-order valence-corrected chi connectivity index (χ4v) is 2.53. The number of methoxy groups -OCH3 is 1. The Kier molecular flexibility index (Phi) is 8.52. The summed E-state index contributed by atoms with van der Waals surface area (Å²) in [5.41, 5.74) is 1.36. The molecule has 0 atom stereocenters. The lowest BCUT2D eigenvalue weighted by Gasteiger charge is -2.19. The number of aromatic nitrogens is 2. The number of rotatable bonds is 8. The predicted octanol–water partition coefficient (Wildman–Crippen LogP) is 2.46. The Morgan fingerprint density at radius 1 is 1.10 bits per heavy atom. The number of nitrogens with one attached hydrogen (secondary N) is 3. The van der Waals surface area contributed by atoms with Crippen LogP contribution in [0.5, 0.6) is 5.75 Å². The van der Waals surface area contributed by atoms with Gasteiger partial charge in [-0.1, -0.05) is 0 Å². The molecular weight excluding hydrogens is 384 g/mol. The molecule has 9 heteroatoms. The molecule has 1 amide bonds. The molecule has 0 spiro atoms. The van der Waals surface area contributed by atoms with E-state index in [-0.39, 0.29) is 0 Å². The van der Waals surface area contributed by atoms with Gasteiger partial charge in [-0.2, -0.15) is 5.10 Å². The lowest BCUT2D eigenvalue weighted by atomic mass is 10.2. The molecule has 1 heterocycles. The topological polar surface area (TPSA) is 102 Å². The van der Waals surface area contributed by atoms with E-state index in [9.17, 15) is 4.79 Å². The van der Waals surface area contributed by atoms with Crippen LogP contribution in [0.3, 0.4) is 0 Å². The second-order valence-electron chi connectivity index (χ2n) is 7.58. The summed E-state index contributed by atoms with van der Waals surface area (Å²) in [6.07, 6.45) is 2.25. The summed E-state index contributed by atoms with van der Waals surface area (Å²) in [5, 5.41) is 13.7. The summed E-state index contributed by atoms with van der Waals surface area (Å²) in [6.45, 7) is 7.23. The number of alkyl carbamates (subject to hydrolysis) is 1. The maximum absolute atomic E-state index is 11.6. The normalized spacial score (nSPS) is 11.7. The minimum absolute atomic E-state index is 0.405. The standard InChI is InChI=1S/C21H32N6O3/c1-21(2,3)30-20(28)24-13-6-12-23-19(22-4)25-15-16-11-14-27(26-16)17-7-9-18(29-5)10-8-17/h7-11,14H,6,12-13,15H2,1-5H3,(H,24,28)(H2,22,23,25). The zero-order valence-electron chi connectivity index (χ0n) is 18.4. The van der Waals surface area contributed by atoms with E-state index in [2.05, 4.69) is 26.0 Å². The summed E-state index contributed by atoms with van der Waals surface area (Å²) >= 11 is 0. The highest BCUT2D eigenvalue weighted by molar-refractivity contribution is 5.79. The van der Waals surface area contributed by atoms with Crippen molar-refractivity contribution in [2.45, 2.75) is 39.3 Å². The van der Waals surface area contributed by atoms with Gasteiger partial charge in [0.05, 0.1) is 25.0 Å². The third-order valence-corrected chi connectivity index (χ3v) is 3.96. The highest BCUT2D eigenvalue weighted by Gasteiger charge is 2.15. The predicted molar refractivity (Wildman–Crippen MR) is 117 cm³/mol. The number of benzene rings is 1. The van der Waals surface area contributed by atoms with Crippen molar-refractivity contribution >= 4 is 12.1 Å². The van der Waals surface area contributed by atoms with E-state index >= 15 is 0 Å². The van der Waals surface area contributed by atoms with Crippen molar-refractivity contribution in [3.05, 3.63) is 42.2 Å². The summed E-state index contributed by atoms with van der Waals surface area (Å²) in [6, 6.07) is 9.66. The van der Waals surface area contributed by atoms with E-state index in [4.69, 9.17) is 9.47 Å². The first-order valence-corrected chi connectivity index (χ1v) is 9.91. The smallest absolute Gasteiger partial charge is 0.407 e. The third kappa shape index (κ3) is 8.02. The molecule has 0 aliphatic carbocycles. The molecule has 9 nitrogen and oxygen atoms in total. The van der Waals surface area contributed by atoms with E-state index in [1.54, 1.807) is 14.2 Å². The van der Waals surface area contributed by atoms with Crippen molar-refractivity contribution in [1.29, 1.82) is 0 Å². The van der Waals surface area contributed by atoms with Crippen molar-refractivity contribution in [3.8, 4) is 11.4 Å². The fraction of sp³-hybridized carbons (Fsp3) is 0.476. The number of aliphatic imine (C=N–C) groups is 1. The maximum Gasteiger partial charge on any atom is 0.407 e. The molecule has 0 radical (unpaired) electrons.